The summed E-state index contributed by atoms with van der Waals surface area (Å²) >= 11 is 0. The Hall–Kier alpha value is -11.0. The van der Waals surface area contributed by atoms with Crippen LogP contribution in [0.5, 0.6) is 23.0 Å². The Morgan fingerprint density at radius 1 is 0.674 bits per heavy atom. The summed E-state index contributed by atoms with van der Waals surface area (Å²) in [6.45, 7) is 5.35. The number of aliphatic hydroxyl groups is 1. The average molecular weight is 1290 g/mol. The maximum absolute atomic E-state index is 14.8. The molecule has 0 aliphatic carbocycles. The highest BCUT2D eigenvalue weighted by Gasteiger charge is 2.46. The van der Waals surface area contributed by atoms with Gasteiger partial charge in [0.15, 0.2) is 29.2 Å². The number of nitrogens with one attached hydrogen (secondary N) is 3. The Morgan fingerprint density at radius 3 is 1.93 bits per heavy atom. The number of carbonyl (C=O) groups is 8. The molecular weight excluding hydrogens is 1220 g/mol. The van der Waals surface area contributed by atoms with Crippen molar-refractivity contribution in [2.45, 2.75) is 123 Å². The molecular formula is C70H71N11O14. The number of hydrogen-bond donors (Lipinski definition) is 4. The first kappa shape index (κ1) is 65.5. The summed E-state index contributed by atoms with van der Waals surface area (Å²) in [6, 6.07) is 30.1. The molecule has 0 fully saturated rings. The van der Waals surface area contributed by atoms with Crippen molar-refractivity contribution in [1.82, 2.24) is 25.3 Å². The minimum absolute atomic E-state index is 0.0197. The molecule has 5 aliphatic heterocycles. The molecule has 0 spiro atoms. The number of benzene rings is 6. The van der Waals surface area contributed by atoms with E-state index >= 15 is 0 Å². The summed E-state index contributed by atoms with van der Waals surface area (Å²) in [4.78, 5) is 120. The Morgan fingerprint density at radius 2 is 1.28 bits per heavy atom. The van der Waals surface area contributed by atoms with E-state index < -0.39 is 48.2 Å². The Balaban J connectivity index is 0.756. The SMILES string of the molecule is COc1cc2c(cc1OCc1cc(COc3cc4c(cc3OC)C(=O)N3Cc5ccccc5C[C@H]3C(O)N4C(=O)OCc3ccc(NC(=O)[C@H](C)NC(=O)[C@@H](NC(=O)CCCCCN4C(=O)C=CC4=O)C(C)C)cc3)cc(N=[N+]=[N-])c1)N=C[C@@H]1Cc3ccccc3CN1C2=O. The van der Waals surface area contributed by atoms with Crippen LogP contribution in [0.2, 0.25) is 0 Å². The zero-order valence-corrected chi connectivity index (χ0v) is 53.0. The van der Waals surface area contributed by atoms with Crippen LogP contribution in [0.3, 0.4) is 0 Å². The first-order valence-corrected chi connectivity index (χ1v) is 31.2. The lowest BCUT2D eigenvalue weighted by Gasteiger charge is -2.39. The molecule has 0 aromatic heterocycles. The minimum Gasteiger partial charge on any atom is -0.493 e. The first-order chi connectivity index (χ1) is 45.9. The van der Waals surface area contributed by atoms with Crippen molar-refractivity contribution >= 4 is 76.4 Å². The van der Waals surface area contributed by atoms with Gasteiger partial charge in [-0.2, -0.15) is 0 Å². The summed E-state index contributed by atoms with van der Waals surface area (Å²) in [5.41, 5.74) is 16.5. The van der Waals surface area contributed by atoms with E-state index in [9.17, 15) is 49.0 Å². The minimum atomic E-state index is -1.63. The molecule has 5 heterocycles. The van der Waals surface area contributed by atoms with E-state index in [-0.39, 0.29) is 110 Å². The summed E-state index contributed by atoms with van der Waals surface area (Å²) in [6.07, 6.45) is 4.14. The lowest BCUT2D eigenvalue weighted by Crippen LogP contribution is -2.55. The molecule has 5 atom stereocenters. The number of methoxy groups -OCH3 is 2. The van der Waals surface area contributed by atoms with Gasteiger partial charge in [0, 0.05) is 72.8 Å². The van der Waals surface area contributed by atoms with Gasteiger partial charge < -0.3 is 54.5 Å². The molecule has 0 saturated heterocycles. The van der Waals surface area contributed by atoms with E-state index in [0.29, 0.717) is 77.4 Å². The van der Waals surface area contributed by atoms with Crippen LogP contribution in [0, 0.1) is 5.92 Å². The Bertz CT molecular complexity index is 4110. The highest BCUT2D eigenvalue weighted by Crippen LogP contribution is 2.43. The van der Waals surface area contributed by atoms with Gasteiger partial charge in [0.1, 0.15) is 31.9 Å². The average Bonchev–Trinajstić information content (AvgIpc) is 1.63. The summed E-state index contributed by atoms with van der Waals surface area (Å²) in [7, 11) is 2.88. The molecule has 0 bridgehead atoms. The van der Waals surface area contributed by atoms with E-state index in [1.54, 1.807) is 74.7 Å². The monoisotopic (exact) mass is 1290 g/mol. The van der Waals surface area contributed by atoms with Gasteiger partial charge in [-0.3, -0.25) is 43.5 Å². The fourth-order valence-corrected chi connectivity index (χ4v) is 12.3. The van der Waals surface area contributed by atoms with Gasteiger partial charge in [-0.05, 0) is 125 Å². The molecule has 5 aliphatic rings. The molecule has 95 heavy (non-hydrogen) atoms. The van der Waals surface area contributed by atoms with Gasteiger partial charge in [-0.15, -0.1) is 0 Å². The second-order valence-corrected chi connectivity index (χ2v) is 24.1. The number of carbonyl (C=O) groups excluding carboxylic acids is 8. The summed E-state index contributed by atoms with van der Waals surface area (Å²) < 4.78 is 30.3. The van der Waals surface area contributed by atoms with Gasteiger partial charge in [0.05, 0.1) is 48.8 Å². The van der Waals surface area contributed by atoms with Crippen LogP contribution in [0.4, 0.5) is 27.5 Å². The third-order valence-corrected chi connectivity index (χ3v) is 17.3. The molecule has 490 valence electrons. The molecule has 8 amide bonds. The number of ether oxygens (including phenoxy) is 5. The molecule has 25 nitrogen and oxygen atoms in total. The molecule has 6 aromatic rings. The van der Waals surface area contributed by atoms with Gasteiger partial charge in [-0.25, -0.2) is 9.69 Å². The van der Waals surface area contributed by atoms with E-state index in [0.717, 1.165) is 32.1 Å². The molecule has 1 unspecified atom stereocenters. The van der Waals surface area contributed by atoms with Crippen LogP contribution in [0.25, 0.3) is 10.4 Å². The number of aliphatic imine (C=N–C) groups is 1. The number of anilines is 2. The van der Waals surface area contributed by atoms with Crippen molar-refractivity contribution in [3.63, 3.8) is 0 Å². The van der Waals surface area contributed by atoms with Crippen molar-refractivity contribution in [2.75, 3.05) is 31.0 Å². The van der Waals surface area contributed by atoms with Crippen molar-refractivity contribution in [3.8, 4) is 23.0 Å². The zero-order valence-electron chi connectivity index (χ0n) is 53.0. The van der Waals surface area contributed by atoms with Crippen LogP contribution < -0.4 is 39.8 Å². The normalized spacial score (nSPS) is 17.3. The number of imide groups is 1. The lowest BCUT2D eigenvalue weighted by atomic mass is 9.93. The van der Waals surface area contributed by atoms with Crippen molar-refractivity contribution in [3.05, 3.63) is 188 Å². The van der Waals surface area contributed by atoms with Gasteiger partial charge in [0.25, 0.3) is 23.6 Å². The van der Waals surface area contributed by atoms with E-state index in [1.807, 2.05) is 47.4 Å². The molecule has 25 heteroatoms. The maximum Gasteiger partial charge on any atom is 0.416 e. The number of unbranched alkanes of at least 4 members (excludes halogenated alkanes) is 2. The number of rotatable bonds is 23. The van der Waals surface area contributed by atoms with Crippen LogP contribution >= 0.6 is 0 Å². The highest BCUT2D eigenvalue weighted by atomic mass is 16.6. The second kappa shape index (κ2) is 28.9. The van der Waals surface area contributed by atoms with Crippen molar-refractivity contribution in [2.24, 2.45) is 16.0 Å². The highest BCUT2D eigenvalue weighted by molar-refractivity contribution is 6.13. The number of azide groups is 1. The maximum atomic E-state index is 14.8. The van der Waals surface area contributed by atoms with E-state index in [2.05, 4.69) is 32.0 Å². The number of fused-ring (bicyclic) bond motifs is 6. The molecule has 11 rings (SSSR count). The van der Waals surface area contributed by atoms with E-state index in [1.165, 1.54) is 50.3 Å². The molecule has 0 saturated carbocycles. The fraction of sp³-hybridized carbons (Fsp3) is 0.329. The van der Waals surface area contributed by atoms with E-state index in [4.69, 9.17) is 28.7 Å². The first-order valence-electron chi connectivity index (χ1n) is 31.2. The zero-order chi connectivity index (χ0) is 67.0. The molecule has 4 N–H and O–H groups in total. The van der Waals surface area contributed by atoms with Crippen LogP contribution in [0.1, 0.15) is 106 Å². The predicted molar refractivity (Wildman–Crippen MR) is 348 cm³/mol. The van der Waals surface area contributed by atoms with Crippen LogP contribution in [0.15, 0.2) is 138 Å². The summed E-state index contributed by atoms with van der Waals surface area (Å²) in [5, 5.41) is 24.5. The third-order valence-electron chi connectivity index (χ3n) is 17.3. The van der Waals surface area contributed by atoms with Crippen molar-refractivity contribution < 1.29 is 67.1 Å². The topological polar surface area (TPSA) is 313 Å². The smallest absolute Gasteiger partial charge is 0.416 e. The summed E-state index contributed by atoms with van der Waals surface area (Å²) in [5.74, 6) is -2.34. The number of amides is 8. The van der Waals surface area contributed by atoms with Crippen LogP contribution in [-0.2, 0) is 74.5 Å². The van der Waals surface area contributed by atoms with Crippen LogP contribution in [-0.4, -0.2) is 125 Å². The largest absolute Gasteiger partial charge is 0.493 e. The lowest BCUT2D eigenvalue weighted by molar-refractivity contribution is -0.137. The van der Waals surface area contributed by atoms with Gasteiger partial charge in [-0.1, -0.05) is 86.0 Å². The number of nitrogens with zero attached hydrogens (tertiary/aromatic N) is 8. The quantitative estimate of drug-likeness (QED) is 0.0153. The molecule has 6 aromatic carbocycles. The molecule has 0 radical (unpaired) electrons. The Labute approximate surface area is 547 Å². The second-order valence-electron chi connectivity index (χ2n) is 24.1. The van der Waals surface area contributed by atoms with Gasteiger partial charge in [0.2, 0.25) is 17.7 Å². The third kappa shape index (κ3) is 14.6. The standard InChI is InChI=1S/C70H71N11O14/c1-40(2)64(75-61(82)17-7-6-12-24-78-62(83)22-23-63(78)84)66(86)73-41(3)65(85)74-49-20-18-42(19-21-49)37-95-70(90)81-55-33-60(58(92-5)31-53(55)68(88)80-36-48-16-11-9-14-46(48)29-56(80)69(81)89)94-39-44-25-43(26-50(27-44)76-77-71)38-93-59-32-54-52(30-57(59)91-4)67(87)79-35-47-15-10-8-13-45(47)28-51(79)34-72-54/h8-11,13-16,18-23,25-27,30-34,40-41,51,56,64,69,89H,6-7,12,17,24,28-29,35-39H2,1-5H3,(H,73,86)(H,74,85)(H,75,82)/t41-,51-,56-,64-,69?/m0/s1. The van der Waals surface area contributed by atoms with Crippen molar-refractivity contribution in [1.29, 1.82) is 0 Å². The van der Waals surface area contributed by atoms with Gasteiger partial charge >= 0.3 is 6.09 Å². The number of aliphatic hydroxyl groups excluding tert-OH is 1. The Kier molecular flexibility index (Phi) is 19.9. The fourth-order valence-electron chi connectivity index (χ4n) is 12.3. The number of hydrogen-bond acceptors (Lipinski definition) is 16. The predicted octanol–water partition coefficient (Wildman–Crippen LogP) is 9.20.